The minimum atomic E-state index is -0.208. The fourth-order valence-corrected chi connectivity index (χ4v) is 3.45. The Balaban J connectivity index is 1.35. The molecule has 0 bridgehead atoms. The van der Waals surface area contributed by atoms with Crippen LogP contribution < -0.4 is 5.32 Å². The minimum Gasteiger partial charge on any atom is -0.459 e. The fourth-order valence-electron chi connectivity index (χ4n) is 3.45. The van der Waals surface area contributed by atoms with Crippen LogP contribution in [-0.4, -0.2) is 58.3 Å². The molecule has 0 unspecified atom stereocenters. The summed E-state index contributed by atoms with van der Waals surface area (Å²) >= 11 is 0. The summed E-state index contributed by atoms with van der Waals surface area (Å²) in [7, 11) is 0. The molecule has 0 saturated carbocycles. The number of benzene rings is 1. The number of para-hydroxylation sites is 1. The lowest BCUT2D eigenvalue weighted by molar-refractivity contribution is -0.116. The van der Waals surface area contributed by atoms with Crippen molar-refractivity contribution in [2.45, 2.75) is 6.54 Å². The molecule has 3 aromatic rings. The number of carbonyl (C=O) groups excluding carboxylic acids is 3. The number of piperazine rings is 1. The molecule has 2 aromatic heterocycles. The van der Waals surface area contributed by atoms with Gasteiger partial charge in [0, 0.05) is 38.1 Å². The van der Waals surface area contributed by atoms with Crippen molar-refractivity contribution >= 4 is 23.4 Å². The van der Waals surface area contributed by atoms with E-state index in [-0.39, 0.29) is 24.3 Å². The van der Waals surface area contributed by atoms with Crippen LogP contribution in [0, 0.1) is 0 Å². The molecule has 8 nitrogen and oxygen atoms in total. The predicted octanol–water partition coefficient (Wildman–Crippen LogP) is 2.32. The van der Waals surface area contributed by atoms with Crippen LogP contribution >= 0.6 is 0 Å². The first-order chi connectivity index (χ1) is 14.6. The fraction of sp³-hybridized carbons (Fsp3) is 0.227. The lowest BCUT2D eigenvalue weighted by Crippen LogP contribution is -2.50. The zero-order chi connectivity index (χ0) is 20.9. The summed E-state index contributed by atoms with van der Waals surface area (Å²) in [5.74, 6) is -0.237. The van der Waals surface area contributed by atoms with E-state index in [1.54, 1.807) is 44.8 Å². The molecule has 1 aliphatic rings. The van der Waals surface area contributed by atoms with Gasteiger partial charge in [0.25, 0.3) is 11.8 Å². The number of aromatic nitrogens is 1. The second-order valence-electron chi connectivity index (χ2n) is 7.00. The number of nitrogens with zero attached hydrogens (tertiary/aromatic N) is 3. The Hall–Kier alpha value is -3.81. The third-order valence-corrected chi connectivity index (χ3v) is 5.01. The first-order valence-electron chi connectivity index (χ1n) is 9.74. The molecule has 1 fully saturated rings. The molecule has 0 spiro atoms. The van der Waals surface area contributed by atoms with Crippen LogP contribution in [0.3, 0.4) is 0 Å². The third kappa shape index (κ3) is 4.27. The van der Waals surface area contributed by atoms with Crippen LogP contribution in [0.25, 0.3) is 0 Å². The van der Waals surface area contributed by atoms with Crippen LogP contribution in [0.2, 0.25) is 0 Å². The lowest BCUT2D eigenvalue weighted by atomic mass is 10.2. The van der Waals surface area contributed by atoms with Gasteiger partial charge in [0.1, 0.15) is 12.2 Å². The molecule has 1 saturated heterocycles. The second kappa shape index (κ2) is 8.69. The molecule has 1 aliphatic heterocycles. The maximum atomic E-state index is 13.0. The Morgan fingerprint density at radius 1 is 0.833 bits per heavy atom. The highest BCUT2D eigenvalue weighted by atomic mass is 16.3. The van der Waals surface area contributed by atoms with Crippen molar-refractivity contribution in [1.82, 2.24) is 14.4 Å². The quantitative estimate of drug-likeness (QED) is 0.704. The van der Waals surface area contributed by atoms with Crippen molar-refractivity contribution in [1.29, 1.82) is 0 Å². The van der Waals surface area contributed by atoms with Crippen LogP contribution in [0.15, 0.2) is 71.5 Å². The predicted molar refractivity (Wildman–Crippen MR) is 110 cm³/mol. The van der Waals surface area contributed by atoms with E-state index >= 15 is 0 Å². The third-order valence-electron chi connectivity index (χ3n) is 5.01. The Morgan fingerprint density at radius 2 is 1.53 bits per heavy atom. The maximum Gasteiger partial charge on any atom is 0.289 e. The second-order valence-corrected chi connectivity index (χ2v) is 7.00. The van der Waals surface area contributed by atoms with E-state index in [9.17, 15) is 14.4 Å². The number of rotatable bonds is 5. The normalized spacial score (nSPS) is 13.9. The van der Waals surface area contributed by atoms with Crippen molar-refractivity contribution in [2.75, 3.05) is 31.5 Å². The number of carbonyl (C=O) groups is 3. The molecule has 0 atom stereocenters. The van der Waals surface area contributed by atoms with E-state index < -0.39 is 0 Å². The summed E-state index contributed by atoms with van der Waals surface area (Å²) in [6, 6.07) is 15.9. The lowest BCUT2D eigenvalue weighted by Gasteiger charge is -2.34. The largest absolute Gasteiger partial charge is 0.459 e. The number of hydrogen-bond donors (Lipinski definition) is 1. The summed E-state index contributed by atoms with van der Waals surface area (Å²) in [4.78, 5) is 41.1. The molecule has 154 valence electrons. The van der Waals surface area contributed by atoms with E-state index in [0.717, 1.165) is 0 Å². The van der Waals surface area contributed by atoms with Crippen molar-refractivity contribution in [2.24, 2.45) is 0 Å². The van der Waals surface area contributed by atoms with Gasteiger partial charge in [-0.15, -0.1) is 0 Å². The highest BCUT2D eigenvalue weighted by Crippen LogP contribution is 2.13. The molecule has 0 aliphatic carbocycles. The van der Waals surface area contributed by atoms with Gasteiger partial charge in [0.15, 0.2) is 5.76 Å². The van der Waals surface area contributed by atoms with E-state index in [1.165, 1.54) is 6.26 Å². The number of furan rings is 1. The SMILES string of the molecule is O=C(Cn1cccc1C(=O)N1CCN(C(=O)c2ccco2)CC1)Nc1ccccc1. The first kappa shape index (κ1) is 19.5. The number of nitrogens with one attached hydrogen (secondary N) is 1. The molecule has 30 heavy (non-hydrogen) atoms. The molecular formula is C22H22N4O4. The Labute approximate surface area is 173 Å². The van der Waals surface area contributed by atoms with Crippen molar-refractivity contribution in [3.8, 4) is 0 Å². The van der Waals surface area contributed by atoms with E-state index in [0.29, 0.717) is 43.3 Å². The monoisotopic (exact) mass is 406 g/mol. The number of amides is 3. The van der Waals surface area contributed by atoms with Gasteiger partial charge < -0.3 is 24.1 Å². The van der Waals surface area contributed by atoms with Crippen molar-refractivity contribution in [3.05, 3.63) is 78.5 Å². The first-order valence-corrected chi connectivity index (χ1v) is 9.74. The van der Waals surface area contributed by atoms with Gasteiger partial charge in [0.2, 0.25) is 5.91 Å². The summed E-state index contributed by atoms with van der Waals surface area (Å²) in [5, 5.41) is 2.82. The van der Waals surface area contributed by atoms with Gasteiger partial charge in [-0.3, -0.25) is 14.4 Å². The van der Waals surface area contributed by atoms with E-state index in [2.05, 4.69) is 5.32 Å². The maximum absolute atomic E-state index is 13.0. The Bertz CT molecular complexity index is 1020. The van der Waals surface area contributed by atoms with Gasteiger partial charge in [-0.1, -0.05) is 18.2 Å². The summed E-state index contributed by atoms with van der Waals surface area (Å²) in [6.07, 6.45) is 3.18. The average molecular weight is 406 g/mol. The van der Waals surface area contributed by atoms with Gasteiger partial charge in [0.05, 0.1) is 6.26 Å². The van der Waals surface area contributed by atoms with Gasteiger partial charge in [-0.25, -0.2) is 0 Å². The average Bonchev–Trinajstić information content (AvgIpc) is 3.46. The van der Waals surface area contributed by atoms with E-state index in [1.807, 2.05) is 30.3 Å². The summed E-state index contributed by atoms with van der Waals surface area (Å²) in [6.45, 7) is 1.75. The molecule has 3 amide bonds. The van der Waals surface area contributed by atoms with Crippen LogP contribution in [0.1, 0.15) is 21.0 Å². The molecule has 1 N–H and O–H groups in total. The molecule has 8 heteroatoms. The molecule has 1 aromatic carbocycles. The topological polar surface area (TPSA) is 87.8 Å². The van der Waals surface area contributed by atoms with Crippen LogP contribution in [-0.2, 0) is 11.3 Å². The molecular weight excluding hydrogens is 384 g/mol. The number of hydrogen-bond acceptors (Lipinski definition) is 4. The highest BCUT2D eigenvalue weighted by molar-refractivity contribution is 5.95. The van der Waals surface area contributed by atoms with Crippen LogP contribution in [0.5, 0.6) is 0 Å². The number of anilines is 1. The summed E-state index contributed by atoms with van der Waals surface area (Å²) < 4.78 is 6.80. The zero-order valence-corrected chi connectivity index (χ0v) is 16.4. The molecule has 4 rings (SSSR count). The summed E-state index contributed by atoms with van der Waals surface area (Å²) in [5.41, 5.74) is 1.16. The smallest absolute Gasteiger partial charge is 0.289 e. The Kier molecular flexibility index (Phi) is 5.65. The molecule has 0 radical (unpaired) electrons. The standard InChI is InChI=1S/C22H22N4O4/c27-20(23-17-6-2-1-3-7-17)16-26-10-4-8-18(26)21(28)24-11-13-25(14-12-24)22(29)19-9-5-15-30-19/h1-10,15H,11-14,16H2,(H,23,27). The van der Waals surface area contributed by atoms with Crippen LogP contribution in [0.4, 0.5) is 5.69 Å². The van der Waals surface area contributed by atoms with Crippen molar-refractivity contribution < 1.29 is 18.8 Å². The van der Waals surface area contributed by atoms with E-state index in [4.69, 9.17) is 4.42 Å². The minimum absolute atomic E-state index is 0.0416. The van der Waals surface area contributed by atoms with Gasteiger partial charge in [-0.2, -0.15) is 0 Å². The Morgan fingerprint density at radius 3 is 2.20 bits per heavy atom. The van der Waals surface area contributed by atoms with Gasteiger partial charge in [-0.05, 0) is 36.4 Å². The molecule has 3 heterocycles. The zero-order valence-electron chi connectivity index (χ0n) is 16.4. The highest BCUT2D eigenvalue weighted by Gasteiger charge is 2.27. The van der Waals surface area contributed by atoms with Gasteiger partial charge >= 0.3 is 0 Å². The van der Waals surface area contributed by atoms with Crippen molar-refractivity contribution in [3.63, 3.8) is 0 Å².